The van der Waals surface area contributed by atoms with E-state index in [0.29, 0.717) is 10.3 Å². The van der Waals surface area contributed by atoms with Crippen LogP contribution in [0.25, 0.3) is 0 Å². The van der Waals surface area contributed by atoms with Crippen LogP contribution in [0.5, 0.6) is 0 Å². The average Bonchev–Trinajstić information content (AvgIpc) is 3.58. The highest BCUT2D eigenvalue weighted by atomic mass is 35.5. The number of hydrogen-bond donors (Lipinski definition) is 4. The highest BCUT2D eigenvalue weighted by Gasteiger charge is 2.31. The van der Waals surface area contributed by atoms with Crippen LogP contribution in [0, 0.1) is 11.3 Å². The number of aryl methyl sites for hydroxylation is 2. The number of alkyl halides is 1. The highest BCUT2D eigenvalue weighted by molar-refractivity contribution is 7.13. The van der Waals surface area contributed by atoms with Gasteiger partial charge >= 0.3 is 5.97 Å². The molecule has 0 bridgehead atoms. The van der Waals surface area contributed by atoms with Crippen molar-refractivity contribution in [2.75, 3.05) is 33.5 Å². The van der Waals surface area contributed by atoms with Crippen LogP contribution in [0.1, 0.15) is 66.1 Å². The second-order valence-corrected chi connectivity index (χ2v) is 12.6. The molecule has 40 heavy (non-hydrogen) atoms. The van der Waals surface area contributed by atoms with Crippen molar-refractivity contribution in [1.29, 1.82) is 0 Å². The van der Waals surface area contributed by atoms with E-state index in [0.717, 1.165) is 53.6 Å². The SMILES string of the molecule is CCCc1ccc(C(=O)OCC(CO)(CO)CNC(C)=O)s1.CO.Clc1cc(Cl)cc(CCC2CCC(Cl)C2)c1. The van der Waals surface area contributed by atoms with Gasteiger partial charge in [0.1, 0.15) is 11.5 Å². The minimum absolute atomic E-state index is 0.0359. The summed E-state index contributed by atoms with van der Waals surface area (Å²) in [6.45, 7) is 2.47. The lowest BCUT2D eigenvalue weighted by molar-refractivity contribution is -0.120. The first-order valence-corrected chi connectivity index (χ1v) is 15.4. The van der Waals surface area contributed by atoms with Crippen molar-refractivity contribution in [3.05, 3.63) is 55.7 Å². The Kier molecular flexibility index (Phi) is 18.0. The quantitative estimate of drug-likeness (QED) is 0.170. The van der Waals surface area contributed by atoms with Crippen molar-refractivity contribution in [2.45, 2.75) is 64.2 Å². The van der Waals surface area contributed by atoms with E-state index in [4.69, 9.17) is 44.6 Å². The Hall–Kier alpha value is -1.39. The van der Waals surface area contributed by atoms with Crippen molar-refractivity contribution < 1.29 is 29.6 Å². The standard InChI is InChI=1S/C15H23NO5S.C13H15Cl3.CH4O/c1-3-4-12-5-6-13(22-12)14(20)21-10-15(8-17,9-18)7-16-11(2)19;14-11-4-3-9(5-11)1-2-10-6-12(15)8-13(16)7-10;1-2/h5-6,17-18H,3-4,7-10H2,1-2H3,(H,16,19);6-9,11H,1-5H2;2H,1H3. The summed E-state index contributed by atoms with van der Waals surface area (Å²) in [5.74, 6) is 0.0155. The smallest absolute Gasteiger partial charge is 0.348 e. The molecule has 1 aliphatic carbocycles. The number of thiophene rings is 1. The van der Waals surface area contributed by atoms with Crippen LogP contribution >= 0.6 is 46.1 Å². The molecule has 1 aromatic heterocycles. The molecule has 0 aliphatic heterocycles. The summed E-state index contributed by atoms with van der Waals surface area (Å²) in [5, 5.41) is 30.3. The first kappa shape index (κ1) is 36.6. The summed E-state index contributed by atoms with van der Waals surface area (Å²) in [5.41, 5.74) is 0.153. The lowest BCUT2D eigenvalue weighted by Gasteiger charge is -2.29. The predicted molar refractivity (Wildman–Crippen MR) is 164 cm³/mol. The number of rotatable bonds is 12. The first-order chi connectivity index (χ1) is 19.1. The maximum Gasteiger partial charge on any atom is 0.348 e. The van der Waals surface area contributed by atoms with Crippen LogP contribution in [0.3, 0.4) is 0 Å². The zero-order chi connectivity index (χ0) is 30.1. The number of halogens is 3. The molecule has 0 radical (unpaired) electrons. The van der Waals surface area contributed by atoms with E-state index < -0.39 is 24.6 Å². The van der Waals surface area contributed by atoms with Crippen LogP contribution in [-0.4, -0.2) is 66.0 Å². The molecule has 1 aliphatic rings. The maximum absolute atomic E-state index is 12.0. The molecule has 0 spiro atoms. The number of aliphatic hydroxyl groups excluding tert-OH is 3. The van der Waals surface area contributed by atoms with Gasteiger partial charge in [-0.15, -0.1) is 22.9 Å². The van der Waals surface area contributed by atoms with Gasteiger partial charge in [-0.3, -0.25) is 4.79 Å². The van der Waals surface area contributed by atoms with Crippen LogP contribution in [0.2, 0.25) is 10.0 Å². The molecule has 1 fully saturated rings. The van der Waals surface area contributed by atoms with Crippen molar-refractivity contribution in [3.8, 4) is 0 Å². The van der Waals surface area contributed by atoms with Crippen LogP contribution < -0.4 is 5.32 Å². The van der Waals surface area contributed by atoms with E-state index in [9.17, 15) is 19.8 Å². The fraction of sp³-hybridized carbons (Fsp3) is 0.586. The number of benzene rings is 1. The number of carbonyl (C=O) groups is 2. The third kappa shape index (κ3) is 13.5. The Morgan fingerprint density at radius 3 is 2.25 bits per heavy atom. The van der Waals surface area contributed by atoms with E-state index in [1.807, 2.05) is 18.2 Å². The van der Waals surface area contributed by atoms with Crippen molar-refractivity contribution in [3.63, 3.8) is 0 Å². The van der Waals surface area contributed by atoms with Gasteiger partial charge in [0.05, 0.1) is 18.6 Å². The summed E-state index contributed by atoms with van der Waals surface area (Å²) in [7, 11) is 1.00. The number of carbonyl (C=O) groups excluding carboxylic acids is 2. The van der Waals surface area contributed by atoms with E-state index in [2.05, 4.69) is 12.2 Å². The minimum Gasteiger partial charge on any atom is -0.461 e. The molecule has 1 heterocycles. The lowest BCUT2D eigenvalue weighted by Crippen LogP contribution is -2.45. The molecule has 0 saturated heterocycles. The van der Waals surface area contributed by atoms with Crippen molar-refractivity contribution in [2.24, 2.45) is 11.3 Å². The molecule has 11 heteroatoms. The van der Waals surface area contributed by atoms with Gasteiger partial charge < -0.3 is 25.4 Å². The summed E-state index contributed by atoms with van der Waals surface area (Å²) in [6, 6.07) is 9.39. The third-order valence-corrected chi connectivity index (χ3v) is 8.45. The van der Waals surface area contributed by atoms with Gasteiger partial charge in [-0.25, -0.2) is 4.79 Å². The molecule has 2 atom stereocenters. The summed E-state index contributed by atoms with van der Waals surface area (Å²) in [4.78, 5) is 24.6. The molecule has 3 rings (SSSR count). The molecular formula is C29H42Cl3NO6S. The topological polar surface area (TPSA) is 116 Å². The Morgan fingerprint density at radius 2 is 1.73 bits per heavy atom. The molecule has 7 nitrogen and oxygen atoms in total. The summed E-state index contributed by atoms with van der Waals surface area (Å²) >= 11 is 19.4. The minimum atomic E-state index is -1.08. The number of hydrogen-bond acceptors (Lipinski definition) is 7. The number of aliphatic hydroxyl groups is 3. The number of amides is 1. The van der Waals surface area contributed by atoms with Gasteiger partial charge in [0.25, 0.3) is 0 Å². The maximum atomic E-state index is 12.0. The van der Waals surface area contributed by atoms with Gasteiger partial charge in [-0.05, 0) is 80.3 Å². The average molecular weight is 639 g/mol. The lowest BCUT2D eigenvalue weighted by atomic mass is 9.91. The molecule has 2 aromatic rings. The normalized spacial score (nSPS) is 16.3. The fourth-order valence-electron chi connectivity index (χ4n) is 4.18. The number of ether oxygens (including phenoxy) is 1. The summed E-state index contributed by atoms with van der Waals surface area (Å²) in [6.07, 6.45) is 7.76. The number of esters is 1. The molecule has 1 aromatic carbocycles. The zero-order valence-electron chi connectivity index (χ0n) is 23.4. The Labute approximate surface area is 256 Å². The Bertz CT molecular complexity index is 1010. The second kappa shape index (κ2) is 19.7. The predicted octanol–water partition coefficient (Wildman–Crippen LogP) is 5.91. The van der Waals surface area contributed by atoms with E-state index in [-0.39, 0.29) is 19.1 Å². The molecule has 2 unspecified atom stereocenters. The van der Waals surface area contributed by atoms with Crippen molar-refractivity contribution in [1.82, 2.24) is 5.32 Å². The zero-order valence-corrected chi connectivity index (χ0v) is 26.5. The van der Waals surface area contributed by atoms with Crippen molar-refractivity contribution >= 4 is 58.0 Å². The Balaban J connectivity index is 0.000000391. The van der Waals surface area contributed by atoms with Crippen LogP contribution in [0.4, 0.5) is 0 Å². The highest BCUT2D eigenvalue weighted by Crippen LogP contribution is 2.33. The van der Waals surface area contributed by atoms with Gasteiger partial charge in [0, 0.05) is 40.9 Å². The second-order valence-electron chi connectivity index (χ2n) is 9.91. The molecule has 4 N–H and O–H groups in total. The van der Waals surface area contributed by atoms with Gasteiger partial charge in [-0.1, -0.05) is 36.5 Å². The summed E-state index contributed by atoms with van der Waals surface area (Å²) < 4.78 is 5.20. The Morgan fingerprint density at radius 1 is 1.07 bits per heavy atom. The van der Waals surface area contributed by atoms with Gasteiger partial charge in [0.15, 0.2) is 0 Å². The van der Waals surface area contributed by atoms with E-state index in [1.54, 1.807) is 12.1 Å². The van der Waals surface area contributed by atoms with Gasteiger partial charge in [0.2, 0.25) is 5.91 Å². The third-order valence-electron chi connectivity index (χ3n) is 6.49. The molecule has 1 amide bonds. The van der Waals surface area contributed by atoms with Crippen LogP contribution in [-0.2, 0) is 22.4 Å². The number of nitrogens with one attached hydrogen (secondary N) is 1. The molecule has 226 valence electrons. The fourth-order valence-corrected chi connectivity index (χ4v) is 6.13. The largest absolute Gasteiger partial charge is 0.461 e. The van der Waals surface area contributed by atoms with Gasteiger partial charge in [-0.2, -0.15) is 0 Å². The van der Waals surface area contributed by atoms with E-state index >= 15 is 0 Å². The van der Waals surface area contributed by atoms with Crippen LogP contribution in [0.15, 0.2) is 30.3 Å². The monoisotopic (exact) mass is 637 g/mol. The molecular weight excluding hydrogens is 597 g/mol. The molecule has 1 saturated carbocycles. The van der Waals surface area contributed by atoms with E-state index in [1.165, 1.54) is 43.1 Å². The first-order valence-electron chi connectivity index (χ1n) is 13.4.